The van der Waals surface area contributed by atoms with Crippen molar-refractivity contribution in [3.05, 3.63) is 62.8 Å². The summed E-state index contributed by atoms with van der Waals surface area (Å²) in [7, 11) is 0. The summed E-state index contributed by atoms with van der Waals surface area (Å²) in [5.74, 6) is -0.143. The van der Waals surface area contributed by atoms with Crippen LogP contribution in [-0.2, 0) is 6.61 Å². The first-order valence-electron chi connectivity index (χ1n) is 5.68. The highest BCUT2D eigenvalue weighted by Crippen LogP contribution is 2.25. The van der Waals surface area contributed by atoms with Gasteiger partial charge in [-0.2, -0.15) is 0 Å². The van der Waals surface area contributed by atoms with Crippen LogP contribution in [0.2, 0.25) is 5.02 Å². The quantitative estimate of drug-likeness (QED) is 0.639. The van der Waals surface area contributed by atoms with E-state index in [0.29, 0.717) is 21.9 Å². The van der Waals surface area contributed by atoms with E-state index in [-0.39, 0.29) is 18.3 Å². The largest absolute Gasteiger partial charge is 0.488 e. The predicted molar refractivity (Wildman–Crippen MR) is 80.9 cm³/mol. The molecule has 0 bridgehead atoms. The van der Waals surface area contributed by atoms with E-state index in [4.69, 9.17) is 27.5 Å². The number of halogens is 3. The number of benzene rings is 2. The molecule has 3 nitrogen and oxygen atoms in total. The molecular formula is C14H11BrClFN2O. The zero-order valence-corrected chi connectivity index (χ0v) is 12.6. The standard InChI is InChI=1S/C14H11BrClFN2O/c15-9-1-4-12(17)8(5-9)7-20-13-6-10(16)2-3-11(13)14(18)19/h1-6H,7H2,(H3,18,19). The van der Waals surface area contributed by atoms with Crippen LogP contribution in [0.25, 0.3) is 0 Å². The second-order valence-corrected chi connectivity index (χ2v) is 5.43. The van der Waals surface area contributed by atoms with Crippen LogP contribution in [0, 0.1) is 11.2 Å². The Balaban J connectivity index is 2.24. The lowest BCUT2D eigenvalue weighted by molar-refractivity contribution is 0.299. The lowest BCUT2D eigenvalue weighted by Crippen LogP contribution is -2.13. The fraction of sp³-hybridized carbons (Fsp3) is 0.0714. The first kappa shape index (κ1) is 14.8. The Bertz CT molecular complexity index is 664. The highest BCUT2D eigenvalue weighted by Gasteiger charge is 2.10. The van der Waals surface area contributed by atoms with Gasteiger partial charge in [0.15, 0.2) is 0 Å². The van der Waals surface area contributed by atoms with Crippen molar-refractivity contribution < 1.29 is 9.13 Å². The number of amidine groups is 1. The van der Waals surface area contributed by atoms with Crippen molar-refractivity contribution in [3.63, 3.8) is 0 Å². The van der Waals surface area contributed by atoms with E-state index in [1.54, 1.807) is 30.3 Å². The number of nitrogens with one attached hydrogen (secondary N) is 1. The van der Waals surface area contributed by atoms with E-state index in [2.05, 4.69) is 15.9 Å². The molecule has 0 saturated heterocycles. The number of ether oxygens (including phenoxy) is 1. The first-order valence-corrected chi connectivity index (χ1v) is 6.85. The monoisotopic (exact) mass is 356 g/mol. The van der Waals surface area contributed by atoms with Gasteiger partial charge in [-0.25, -0.2) is 4.39 Å². The van der Waals surface area contributed by atoms with Gasteiger partial charge in [0.05, 0.1) is 5.56 Å². The van der Waals surface area contributed by atoms with E-state index in [1.165, 1.54) is 6.07 Å². The number of nitrogens with two attached hydrogens (primary N) is 1. The molecular weight excluding hydrogens is 347 g/mol. The Morgan fingerprint density at radius 1 is 1.30 bits per heavy atom. The Labute approximate surface area is 129 Å². The minimum Gasteiger partial charge on any atom is -0.488 e. The van der Waals surface area contributed by atoms with Gasteiger partial charge in [-0.3, -0.25) is 5.41 Å². The van der Waals surface area contributed by atoms with Crippen LogP contribution >= 0.6 is 27.5 Å². The third kappa shape index (κ3) is 3.49. The molecule has 2 aromatic rings. The predicted octanol–water partition coefficient (Wildman–Crippen LogP) is 4.10. The molecule has 0 aliphatic rings. The van der Waals surface area contributed by atoms with E-state index in [0.717, 1.165) is 4.47 Å². The third-order valence-electron chi connectivity index (χ3n) is 2.62. The average Bonchev–Trinajstić information content (AvgIpc) is 2.39. The fourth-order valence-electron chi connectivity index (χ4n) is 1.65. The van der Waals surface area contributed by atoms with Crippen LogP contribution in [-0.4, -0.2) is 5.84 Å². The maximum absolute atomic E-state index is 13.6. The molecule has 0 aromatic heterocycles. The van der Waals surface area contributed by atoms with Crippen molar-refractivity contribution in [1.82, 2.24) is 0 Å². The fourth-order valence-corrected chi connectivity index (χ4v) is 2.22. The van der Waals surface area contributed by atoms with Crippen LogP contribution in [0.3, 0.4) is 0 Å². The maximum Gasteiger partial charge on any atom is 0.132 e. The number of nitrogen functional groups attached to an aromatic ring is 1. The molecule has 104 valence electrons. The zero-order valence-electron chi connectivity index (χ0n) is 10.3. The molecule has 0 unspecified atom stereocenters. The molecule has 20 heavy (non-hydrogen) atoms. The molecule has 0 atom stereocenters. The van der Waals surface area contributed by atoms with Crippen molar-refractivity contribution in [3.8, 4) is 5.75 Å². The SMILES string of the molecule is N=C(N)c1ccc(Cl)cc1OCc1cc(Br)ccc1F. The lowest BCUT2D eigenvalue weighted by Gasteiger charge is -2.12. The molecule has 0 heterocycles. The summed E-state index contributed by atoms with van der Waals surface area (Å²) >= 11 is 9.16. The Morgan fingerprint density at radius 2 is 2.05 bits per heavy atom. The molecule has 0 spiro atoms. The summed E-state index contributed by atoms with van der Waals surface area (Å²) in [5, 5.41) is 7.94. The minimum absolute atomic E-state index is 0.0197. The third-order valence-corrected chi connectivity index (χ3v) is 3.35. The molecule has 6 heteroatoms. The molecule has 2 rings (SSSR count). The van der Waals surface area contributed by atoms with Gasteiger partial charge in [0.1, 0.15) is 24.0 Å². The summed E-state index contributed by atoms with van der Waals surface area (Å²) in [6, 6.07) is 9.36. The van der Waals surface area contributed by atoms with Gasteiger partial charge < -0.3 is 10.5 Å². The van der Waals surface area contributed by atoms with Crippen molar-refractivity contribution >= 4 is 33.4 Å². The van der Waals surface area contributed by atoms with Gasteiger partial charge in [0.2, 0.25) is 0 Å². The van der Waals surface area contributed by atoms with E-state index >= 15 is 0 Å². The Morgan fingerprint density at radius 3 is 2.75 bits per heavy atom. The van der Waals surface area contributed by atoms with Gasteiger partial charge in [0.25, 0.3) is 0 Å². The smallest absolute Gasteiger partial charge is 0.132 e. The Hall–Kier alpha value is -1.59. The normalized spacial score (nSPS) is 10.3. The highest BCUT2D eigenvalue weighted by atomic mass is 79.9. The Kier molecular flexibility index (Phi) is 4.62. The number of hydrogen-bond acceptors (Lipinski definition) is 2. The molecule has 0 saturated carbocycles. The van der Waals surface area contributed by atoms with Gasteiger partial charge in [-0.15, -0.1) is 0 Å². The van der Waals surface area contributed by atoms with E-state index in [1.807, 2.05) is 0 Å². The summed E-state index contributed by atoms with van der Waals surface area (Å²) in [6.07, 6.45) is 0. The lowest BCUT2D eigenvalue weighted by atomic mass is 10.2. The second kappa shape index (κ2) is 6.24. The van der Waals surface area contributed by atoms with Gasteiger partial charge in [-0.1, -0.05) is 27.5 Å². The van der Waals surface area contributed by atoms with Crippen molar-refractivity contribution in [2.24, 2.45) is 5.73 Å². The van der Waals surface area contributed by atoms with Gasteiger partial charge in [-0.05, 0) is 36.4 Å². The molecule has 0 amide bonds. The summed E-state index contributed by atoms with van der Waals surface area (Å²) in [6.45, 7) is 0.0197. The average molecular weight is 358 g/mol. The summed E-state index contributed by atoms with van der Waals surface area (Å²) in [4.78, 5) is 0. The first-order chi connectivity index (χ1) is 9.47. The van der Waals surface area contributed by atoms with Gasteiger partial charge in [0, 0.05) is 15.1 Å². The number of hydrogen-bond donors (Lipinski definition) is 2. The molecule has 0 aliphatic heterocycles. The topological polar surface area (TPSA) is 59.1 Å². The van der Waals surface area contributed by atoms with Crippen LogP contribution in [0.15, 0.2) is 40.9 Å². The van der Waals surface area contributed by atoms with Crippen molar-refractivity contribution in [1.29, 1.82) is 5.41 Å². The van der Waals surface area contributed by atoms with Crippen molar-refractivity contribution in [2.45, 2.75) is 6.61 Å². The van der Waals surface area contributed by atoms with Crippen molar-refractivity contribution in [2.75, 3.05) is 0 Å². The van der Waals surface area contributed by atoms with Crippen LogP contribution in [0.5, 0.6) is 5.75 Å². The van der Waals surface area contributed by atoms with Crippen LogP contribution < -0.4 is 10.5 Å². The molecule has 2 aromatic carbocycles. The molecule has 3 N–H and O–H groups in total. The van der Waals surface area contributed by atoms with Crippen LogP contribution in [0.4, 0.5) is 4.39 Å². The van der Waals surface area contributed by atoms with E-state index in [9.17, 15) is 4.39 Å². The van der Waals surface area contributed by atoms with Gasteiger partial charge >= 0.3 is 0 Å². The second-order valence-electron chi connectivity index (χ2n) is 4.08. The maximum atomic E-state index is 13.6. The van der Waals surface area contributed by atoms with E-state index < -0.39 is 0 Å². The zero-order chi connectivity index (χ0) is 14.7. The number of rotatable bonds is 4. The molecule has 0 aliphatic carbocycles. The minimum atomic E-state index is -0.361. The summed E-state index contributed by atoms with van der Waals surface area (Å²) in [5.41, 5.74) is 6.28. The highest BCUT2D eigenvalue weighted by molar-refractivity contribution is 9.10. The molecule has 0 fully saturated rings. The molecule has 0 radical (unpaired) electrons. The summed E-state index contributed by atoms with van der Waals surface area (Å²) < 4.78 is 19.9. The van der Waals surface area contributed by atoms with Crippen LogP contribution in [0.1, 0.15) is 11.1 Å².